The summed E-state index contributed by atoms with van der Waals surface area (Å²) in [6.07, 6.45) is 3.81. The van der Waals surface area contributed by atoms with Crippen LogP contribution in [0.5, 0.6) is 5.75 Å². The number of fused-ring (bicyclic) bond motifs is 1. The summed E-state index contributed by atoms with van der Waals surface area (Å²) < 4.78 is 38.2. The quantitative estimate of drug-likeness (QED) is 0.288. The number of carbonyl (C=O) groups is 2. The van der Waals surface area contributed by atoms with E-state index in [4.69, 9.17) is 9.47 Å². The molecule has 11 heteroatoms. The van der Waals surface area contributed by atoms with Crippen molar-refractivity contribution in [2.75, 3.05) is 12.4 Å². The van der Waals surface area contributed by atoms with E-state index in [-0.39, 0.29) is 16.6 Å². The molecule has 1 aliphatic rings. The van der Waals surface area contributed by atoms with Crippen molar-refractivity contribution in [2.24, 2.45) is 0 Å². The van der Waals surface area contributed by atoms with Crippen LogP contribution >= 0.6 is 0 Å². The maximum absolute atomic E-state index is 12.7. The number of hydrogen-bond donors (Lipinski definition) is 3. The molecule has 1 heterocycles. The van der Waals surface area contributed by atoms with E-state index >= 15 is 0 Å². The molecule has 3 N–H and O–H groups in total. The third-order valence-electron chi connectivity index (χ3n) is 6.65. The highest BCUT2D eigenvalue weighted by molar-refractivity contribution is 7.90. The third kappa shape index (κ3) is 6.04. The number of rotatable bonds is 8. The van der Waals surface area contributed by atoms with Crippen molar-refractivity contribution in [3.05, 3.63) is 83.6 Å². The van der Waals surface area contributed by atoms with Crippen LogP contribution in [-0.2, 0) is 21.2 Å². The molecule has 39 heavy (non-hydrogen) atoms. The zero-order valence-electron chi connectivity index (χ0n) is 21.3. The maximum atomic E-state index is 12.7. The monoisotopic (exact) mass is 548 g/mol. The van der Waals surface area contributed by atoms with Crippen molar-refractivity contribution in [3.8, 4) is 5.75 Å². The largest absolute Gasteiger partial charge is 0.496 e. The summed E-state index contributed by atoms with van der Waals surface area (Å²) in [5, 5.41) is 11.0. The first-order valence-electron chi connectivity index (χ1n) is 12.6. The molecule has 1 aromatic heterocycles. The Balaban J connectivity index is 1.32. The van der Waals surface area contributed by atoms with Gasteiger partial charge in [0.05, 0.1) is 17.5 Å². The van der Waals surface area contributed by atoms with Gasteiger partial charge in [-0.05, 0) is 68.1 Å². The number of H-pyrrole nitrogens is 1. The molecule has 0 aliphatic heterocycles. The van der Waals surface area contributed by atoms with Crippen LogP contribution in [0.1, 0.15) is 47.3 Å². The van der Waals surface area contributed by atoms with Crippen molar-refractivity contribution >= 4 is 38.6 Å². The Morgan fingerprint density at radius 2 is 1.79 bits per heavy atom. The molecule has 3 aromatic carbocycles. The lowest BCUT2D eigenvalue weighted by atomic mass is 10.0. The number of nitrogens with one attached hydrogen (secondary N) is 3. The van der Waals surface area contributed by atoms with Crippen LogP contribution in [0.25, 0.3) is 10.9 Å². The average Bonchev–Trinajstić information content (AvgIpc) is 3.59. The second-order valence-corrected chi connectivity index (χ2v) is 11.0. The highest BCUT2D eigenvalue weighted by atomic mass is 32.2. The van der Waals surface area contributed by atoms with Crippen molar-refractivity contribution in [1.29, 1.82) is 0 Å². The molecule has 10 nitrogen and oxygen atoms in total. The van der Waals surface area contributed by atoms with Crippen molar-refractivity contribution in [2.45, 2.75) is 43.1 Å². The molecular weight excluding hydrogens is 520 g/mol. The maximum Gasteiger partial charge on any atom is 0.411 e. The molecule has 4 aromatic rings. The molecule has 5 rings (SSSR count). The highest BCUT2D eigenvalue weighted by Gasteiger charge is 2.21. The van der Waals surface area contributed by atoms with Gasteiger partial charge in [-0.25, -0.2) is 17.9 Å². The van der Waals surface area contributed by atoms with Gasteiger partial charge in [-0.1, -0.05) is 24.3 Å². The van der Waals surface area contributed by atoms with Gasteiger partial charge in [-0.15, -0.1) is 0 Å². The van der Waals surface area contributed by atoms with Crippen molar-refractivity contribution in [3.63, 3.8) is 0 Å². The molecule has 0 radical (unpaired) electrons. The number of aromatic nitrogens is 2. The van der Waals surface area contributed by atoms with Gasteiger partial charge in [0.1, 0.15) is 11.9 Å². The number of anilines is 1. The van der Waals surface area contributed by atoms with E-state index in [1.54, 1.807) is 36.4 Å². The Bertz CT molecular complexity index is 1610. The molecule has 0 atom stereocenters. The van der Waals surface area contributed by atoms with E-state index < -0.39 is 22.0 Å². The molecule has 0 saturated heterocycles. The molecule has 1 saturated carbocycles. The minimum atomic E-state index is -4.01. The fourth-order valence-corrected chi connectivity index (χ4v) is 5.64. The predicted molar refractivity (Wildman–Crippen MR) is 145 cm³/mol. The molecule has 0 spiro atoms. The molecule has 1 aliphatic carbocycles. The summed E-state index contributed by atoms with van der Waals surface area (Å²) in [5.41, 5.74) is 2.98. The van der Waals surface area contributed by atoms with Gasteiger partial charge < -0.3 is 9.47 Å². The van der Waals surface area contributed by atoms with Gasteiger partial charge in [0.2, 0.25) is 0 Å². The van der Waals surface area contributed by atoms with Crippen LogP contribution in [0.2, 0.25) is 0 Å². The summed E-state index contributed by atoms with van der Waals surface area (Å²) in [7, 11) is -2.54. The molecule has 0 bridgehead atoms. The fourth-order valence-electron chi connectivity index (χ4n) is 4.64. The van der Waals surface area contributed by atoms with Crippen molar-refractivity contribution in [1.82, 2.24) is 14.9 Å². The second-order valence-electron chi connectivity index (χ2n) is 9.32. The zero-order chi connectivity index (χ0) is 27.4. The molecule has 1 fully saturated rings. The number of hydrogen-bond acceptors (Lipinski definition) is 7. The number of aromatic amines is 1. The van der Waals surface area contributed by atoms with E-state index in [1.807, 2.05) is 6.07 Å². The predicted octanol–water partition coefficient (Wildman–Crippen LogP) is 4.77. The minimum Gasteiger partial charge on any atom is -0.496 e. The number of sulfonamides is 1. The SMILES string of the molecule is COc1cc(C(=O)NS(=O)(=O)c2ccccc2)ccc1Cc1[nH]nc2ccc(NC(=O)OC3CCCC3)cc12. The first-order valence-corrected chi connectivity index (χ1v) is 14.0. The van der Waals surface area contributed by atoms with Gasteiger partial charge in [-0.3, -0.25) is 15.2 Å². The Labute approximate surface area is 225 Å². The van der Waals surface area contributed by atoms with E-state index in [2.05, 4.69) is 20.2 Å². The molecular formula is C28H28N4O6S. The van der Waals surface area contributed by atoms with Gasteiger partial charge >= 0.3 is 6.09 Å². The van der Waals surface area contributed by atoms with Crippen LogP contribution in [0.3, 0.4) is 0 Å². The number of nitrogens with zero attached hydrogens (tertiary/aromatic N) is 1. The second kappa shape index (κ2) is 11.2. The summed E-state index contributed by atoms with van der Waals surface area (Å²) in [5.74, 6) is -0.354. The fraction of sp³-hybridized carbons (Fsp3) is 0.250. The minimum absolute atomic E-state index is 0.00582. The van der Waals surface area contributed by atoms with E-state index in [1.165, 1.54) is 31.4 Å². The smallest absolute Gasteiger partial charge is 0.411 e. The lowest BCUT2D eigenvalue weighted by Gasteiger charge is -2.12. The highest BCUT2D eigenvalue weighted by Crippen LogP contribution is 2.28. The van der Waals surface area contributed by atoms with Gasteiger partial charge in [0.25, 0.3) is 15.9 Å². The van der Waals surface area contributed by atoms with Crippen LogP contribution in [-0.4, -0.2) is 43.8 Å². The molecule has 0 unspecified atom stereocenters. The van der Waals surface area contributed by atoms with Gasteiger partial charge in [0, 0.05) is 34.3 Å². The third-order valence-corrected chi connectivity index (χ3v) is 8.00. The average molecular weight is 549 g/mol. The van der Waals surface area contributed by atoms with Crippen LogP contribution in [0.4, 0.5) is 10.5 Å². The number of benzene rings is 3. The normalized spacial score (nSPS) is 13.8. The first-order chi connectivity index (χ1) is 18.8. The molecule has 202 valence electrons. The number of carbonyl (C=O) groups excluding carboxylic acids is 2. The standard InChI is InChI=1S/C28H28N4O6S/c1-37-26-16-19(27(33)32-39(35,36)22-9-3-2-4-10-22)12-11-18(26)15-25-23-17-20(13-14-24(23)30-31-25)29-28(34)38-21-7-5-6-8-21/h2-4,9-14,16-17,21H,5-8,15H2,1H3,(H,29,34)(H,30,31)(H,32,33). The Morgan fingerprint density at radius 1 is 1.03 bits per heavy atom. The Kier molecular flexibility index (Phi) is 7.51. The van der Waals surface area contributed by atoms with Gasteiger partial charge in [0.15, 0.2) is 0 Å². The van der Waals surface area contributed by atoms with Crippen molar-refractivity contribution < 1.29 is 27.5 Å². The topological polar surface area (TPSA) is 139 Å². The lowest BCUT2D eigenvalue weighted by Crippen LogP contribution is -2.30. The van der Waals surface area contributed by atoms with Crippen LogP contribution in [0.15, 0.2) is 71.6 Å². The summed E-state index contributed by atoms with van der Waals surface area (Å²) in [4.78, 5) is 25.0. The molecule has 2 amide bonds. The Hall–Kier alpha value is -4.38. The Morgan fingerprint density at radius 3 is 2.54 bits per heavy atom. The zero-order valence-corrected chi connectivity index (χ0v) is 22.1. The van der Waals surface area contributed by atoms with Gasteiger partial charge in [-0.2, -0.15) is 5.10 Å². The lowest BCUT2D eigenvalue weighted by molar-refractivity contribution is 0.0980. The first kappa shape index (κ1) is 26.2. The van der Waals surface area contributed by atoms with Crippen LogP contribution in [0, 0.1) is 0 Å². The summed E-state index contributed by atoms with van der Waals surface area (Å²) >= 11 is 0. The summed E-state index contributed by atoms with van der Waals surface area (Å²) in [6, 6.07) is 17.8. The number of ether oxygens (including phenoxy) is 2. The number of methoxy groups -OCH3 is 1. The van der Waals surface area contributed by atoms with Crippen LogP contribution < -0.4 is 14.8 Å². The van der Waals surface area contributed by atoms with E-state index in [0.29, 0.717) is 17.9 Å². The van der Waals surface area contributed by atoms with E-state index in [9.17, 15) is 18.0 Å². The van der Waals surface area contributed by atoms with E-state index in [0.717, 1.165) is 47.8 Å². The summed E-state index contributed by atoms with van der Waals surface area (Å²) in [6.45, 7) is 0. The number of amides is 2.